The maximum Gasteiger partial charge on any atom is 0.130 e. The van der Waals surface area contributed by atoms with Gasteiger partial charge in [0.2, 0.25) is 0 Å². The van der Waals surface area contributed by atoms with Crippen LogP contribution < -0.4 is 4.74 Å². The van der Waals surface area contributed by atoms with Crippen LogP contribution in [0.1, 0.15) is 11.3 Å². The number of nitrogens with zero attached hydrogens (tertiary/aromatic N) is 1. The number of benzene rings is 2. The minimum atomic E-state index is -0.256. The second-order valence-corrected chi connectivity index (χ2v) is 4.69. The van der Waals surface area contributed by atoms with E-state index in [1.165, 1.54) is 6.07 Å². The number of aryl methyl sites for hydroxylation is 1. The van der Waals surface area contributed by atoms with Crippen molar-refractivity contribution >= 4 is 10.9 Å². The van der Waals surface area contributed by atoms with Crippen molar-refractivity contribution in [2.75, 3.05) is 0 Å². The lowest BCUT2D eigenvalue weighted by Gasteiger charge is -2.07. The van der Waals surface area contributed by atoms with Gasteiger partial charge in [-0.15, -0.1) is 0 Å². The van der Waals surface area contributed by atoms with Crippen LogP contribution in [-0.4, -0.2) is 4.98 Å². The Hall–Kier alpha value is -2.42. The lowest BCUT2D eigenvalue weighted by Crippen LogP contribution is -1.99. The van der Waals surface area contributed by atoms with Gasteiger partial charge in [-0.3, -0.25) is 0 Å². The Balaban J connectivity index is 1.77. The molecule has 0 amide bonds. The monoisotopic (exact) mass is 267 g/mol. The van der Waals surface area contributed by atoms with E-state index in [0.29, 0.717) is 17.9 Å². The van der Waals surface area contributed by atoms with Gasteiger partial charge >= 0.3 is 0 Å². The van der Waals surface area contributed by atoms with Gasteiger partial charge in [0.1, 0.15) is 18.2 Å². The summed E-state index contributed by atoms with van der Waals surface area (Å²) in [4.78, 5) is 4.51. The van der Waals surface area contributed by atoms with Gasteiger partial charge < -0.3 is 4.74 Å². The van der Waals surface area contributed by atoms with Crippen molar-refractivity contribution in [3.8, 4) is 5.75 Å². The van der Waals surface area contributed by atoms with E-state index in [-0.39, 0.29) is 5.82 Å². The summed E-state index contributed by atoms with van der Waals surface area (Å²) < 4.78 is 19.0. The minimum absolute atomic E-state index is 0.256. The van der Waals surface area contributed by atoms with Crippen LogP contribution in [-0.2, 0) is 6.61 Å². The molecule has 3 heteroatoms. The molecule has 2 aromatic carbocycles. The molecule has 0 fully saturated rings. The van der Waals surface area contributed by atoms with Gasteiger partial charge in [-0.25, -0.2) is 9.37 Å². The summed E-state index contributed by atoms with van der Waals surface area (Å²) in [6.45, 7) is 2.05. The third-order valence-corrected chi connectivity index (χ3v) is 3.19. The average Bonchev–Trinajstić information content (AvgIpc) is 2.48. The Morgan fingerprint density at radius 3 is 2.75 bits per heavy atom. The van der Waals surface area contributed by atoms with E-state index in [2.05, 4.69) is 4.98 Å². The Morgan fingerprint density at radius 1 is 1.05 bits per heavy atom. The van der Waals surface area contributed by atoms with Crippen molar-refractivity contribution in [2.45, 2.75) is 13.5 Å². The number of fused-ring (bicyclic) bond motifs is 1. The van der Waals surface area contributed by atoms with Gasteiger partial charge in [0, 0.05) is 11.5 Å². The van der Waals surface area contributed by atoms with E-state index in [4.69, 9.17) is 4.74 Å². The molecular weight excluding hydrogens is 253 g/mol. The number of aromatic nitrogens is 1. The summed E-state index contributed by atoms with van der Waals surface area (Å²) >= 11 is 0. The first-order valence-corrected chi connectivity index (χ1v) is 6.46. The fourth-order valence-corrected chi connectivity index (χ4v) is 2.01. The third-order valence-electron chi connectivity index (χ3n) is 3.19. The molecule has 20 heavy (non-hydrogen) atoms. The second-order valence-electron chi connectivity index (χ2n) is 4.69. The quantitative estimate of drug-likeness (QED) is 0.707. The molecule has 1 aromatic heterocycles. The minimum Gasteiger partial charge on any atom is -0.487 e. The molecular formula is C17H14FNO. The summed E-state index contributed by atoms with van der Waals surface area (Å²) in [5.74, 6) is 0.261. The van der Waals surface area contributed by atoms with Crippen molar-refractivity contribution in [2.24, 2.45) is 0 Å². The SMILES string of the molecule is Cc1ccc(OCc2ccc3ccccc3n2)cc1F. The van der Waals surface area contributed by atoms with Crippen LogP contribution in [0, 0.1) is 12.7 Å². The Morgan fingerprint density at radius 2 is 1.90 bits per heavy atom. The molecule has 1 heterocycles. The fourth-order valence-electron chi connectivity index (χ4n) is 2.01. The standard InChI is InChI=1S/C17H14FNO/c1-12-6-9-15(10-16(12)18)20-11-14-8-7-13-4-2-3-5-17(13)19-14/h2-10H,11H2,1H3. The molecule has 0 atom stereocenters. The summed E-state index contributed by atoms with van der Waals surface area (Å²) in [6, 6.07) is 16.7. The first-order valence-electron chi connectivity index (χ1n) is 6.46. The zero-order valence-electron chi connectivity index (χ0n) is 11.1. The Kier molecular flexibility index (Phi) is 3.33. The van der Waals surface area contributed by atoms with Crippen LogP contribution in [0.2, 0.25) is 0 Å². The molecule has 2 nitrogen and oxygen atoms in total. The summed E-state index contributed by atoms with van der Waals surface area (Å²) in [7, 11) is 0. The van der Waals surface area contributed by atoms with Gasteiger partial charge in [-0.2, -0.15) is 0 Å². The predicted molar refractivity (Wildman–Crippen MR) is 77.2 cm³/mol. The van der Waals surface area contributed by atoms with E-state index in [1.807, 2.05) is 36.4 Å². The summed E-state index contributed by atoms with van der Waals surface area (Å²) in [5, 5.41) is 1.10. The van der Waals surface area contributed by atoms with Crippen LogP contribution in [0.3, 0.4) is 0 Å². The Bertz CT molecular complexity index is 755. The van der Waals surface area contributed by atoms with Crippen molar-refractivity contribution in [1.82, 2.24) is 4.98 Å². The topological polar surface area (TPSA) is 22.1 Å². The molecule has 0 saturated carbocycles. The first-order chi connectivity index (χ1) is 9.72. The molecule has 3 aromatic rings. The van der Waals surface area contributed by atoms with E-state index in [9.17, 15) is 4.39 Å². The second kappa shape index (κ2) is 5.29. The molecule has 0 spiro atoms. The van der Waals surface area contributed by atoms with Crippen LogP contribution in [0.15, 0.2) is 54.6 Å². The zero-order valence-corrected chi connectivity index (χ0v) is 11.1. The maximum absolute atomic E-state index is 13.4. The Labute approximate surface area is 116 Å². The number of halogens is 1. The molecule has 0 N–H and O–H groups in total. The molecule has 0 aliphatic rings. The predicted octanol–water partition coefficient (Wildman–Crippen LogP) is 4.26. The van der Waals surface area contributed by atoms with Crippen molar-refractivity contribution in [3.05, 3.63) is 71.7 Å². The summed E-state index contributed by atoms with van der Waals surface area (Å²) in [5.41, 5.74) is 2.37. The van der Waals surface area contributed by atoms with Crippen LogP contribution >= 0.6 is 0 Å². The smallest absolute Gasteiger partial charge is 0.130 e. The molecule has 0 bridgehead atoms. The largest absolute Gasteiger partial charge is 0.487 e. The highest BCUT2D eigenvalue weighted by Gasteiger charge is 2.02. The molecule has 0 aliphatic carbocycles. The van der Waals surface area contributed by atoms with Crippen LogP contribution in [0.5, 0.6) is 5.75 Å². The lowest BCUT2D eigenvalue weighted by atomic mass is 10.2. The number of pyridine rings is 1. The van der Waals surface area contributed by atoms with Gasteiger partial charge in [-0.05, 0) is 30.7 Å². The van der Waals surface area contributed by atoms with Gasteiger partial charge in [0.05, 0.1) is 11.2 Å². The first kappa shape index (κ1) is 12.6. The van der Waals surface area contributed by atoms with Crippen molar-refractivity contribution in [3.63, 3.8) is 0 Å². The number of rotatable bonds is 3. The summed E-state index contributed by atoms with van der Waals surface area (Å²) in [6.07, 6.45) is 0. The van der Waals surface area contributed by atoms with Gasteiger partial charge in [0.15, 0.2) is 0 Å². The number of para-hydroxylation sites is 1. The van der Waals surface area contributed by atoms with E-state index >= 15 is 0 Å². The van der Waals surface area contributed by atoms with Crippen molar-refractivity contribution < 1.29 is 9.13 Å². The molecule has 3 rings (SSSR count). The molecule has 0 saturated heterocycles. The highest BCUT2D eigenvalue weighted by Crippen LogP contribution is 2.18. The normalized spacial score (nSPS) is 10.7. The molecule has 0 aliphatic heterocycles. The van der Waals surface area contributed by atoms with Crippen molar-refractivity contribution in [1.29, 1.82) is 0 Å². The number of ether oxygens (including phenoxy) is 1. The highest BCUT2D eigenvalue weighted by molar-refractivity contribution is 5.78. The van der Waals surface area contributed by atoms with E-state index in [0.717, 1.165) is 16.6 Å². The molecule has 0 radical (unpaired) electrons. The van der Waals surface area contributed by atoms with Crippen LogP contribution in [0.25, 0.3) is 10.9 Å². The van der Waals surface area contributed by atoms with Gasteiger partial charge in [-0.1, -0.05) is 30.3 Å². The van der Waals surface area contributed by atoms with E-state index in [1.54, 1.807) is 19.1 Å². The maximum atomic E-state index is 13.4. The third kappa shape index (κ3) is 2.62. The average molecular weight is 267 g/mol. The number of hydrogen-bond donors (Lipinski definition) is 0. The van der Waals surface area contributed by atoms with Gasteiger partial charge in [0.25, 0.3) is 0 Å². The molecule has 100 valence electrons. The fraction of sp³-hybridized carbons (Fsp3) is 0.118. The molecule has 0 unspecified atom stereocenters. The number of hydrogen-bond acceptors (Lipinski definition) is 2. The lowest BCUT2D eigenvalue weighted by molar-refractivity contribution is 0.300. The van der Waals surface area contributed by atoms with E-state index < -0.39 is 0 Å². The van der Waals surface area contributed by atoms with Crippen LogP contribution in [0.4, 0.5) is 4.39 Å². The zero-order chi connectivity index (χ0) is 13.9. The highest BCUT2D eigenvalue weighted by atomic mass is 19.1.